The van der Waals surface area contributed by atoms with Crippen LogP contribution in [0.5, 0.6) is 0 Å². The second-order valence-electron chi connectivity index (χ2n) is 9.35. The number of anilines is 1. The van der Waals surface area contributed by atoms with Gasteiger partial charge in [0.25, 0.3) is 0 Å². The Labute approximate surface area is 224 Å². The van der Waals surface area contributed by atoms with Gasteiger partial charge in [-0.1, -0.05) is 23.4 Å². The lowest BCUT2D eigenvalue weighted by Crippen LogP contribution is -2.21. The van der Waals surface area contributed by atoms with Crippen molar-refractivity contribution in [3.05, 3.63) is 66.1 Å². The lowest BCUT2D eigenvalue weighted by molar-refractivity contribution is 0.198. The molecule has 0 aliphatic carbocycles. The molecule has 4 aromatic rings. The predicted octanol–water partition coefficient (Wildman–Crippen LogP) is 4.20. The second kappa shape index (κ2) is 11.2. The molecule has 2 aromatic heterocycles. The Morgan fingerprint density at radius 3 is 2.64 bits per heavy atom. The standard InChI is InChI=1S/C27H27F2N5O4S/c1-16(28)12-31-13-17-2-7-21(22(29)10-17)23-11-25(38-34-23)26-27(30)32-14-24(33-26)18-3-5-19(6-4-18)39(35,36)20-8-9-37-15-20/h2-7,10-11,14,16,20,31H,8-9,12-13,15H2,1H3,(H2,30,32). The quantitative estimate of drug-likeness (QED) is 0.312. The minimum absolute atomic E-state index is 0.0888. The fourth-order valence-electron chi connectivity index (χ4n) is 4.29. The average molecular weight is 556 g/mol. The van der Waals surface area contributed by atoms with Gasteiger partial charge in [0.15, 0.2) is 27.1 Å². The number of sulfone groups is 1. The first-order chi connectivity index (χ1) is 18.7. The summed E-state index contributed by atoms with van der Waals surface area (Å²) in [6.45, 7) is 2.59. The molecule has 1 aliphatic rings. The largest absolute Gasteiger partial charge is 0.382 e. The summed E-state index contributed by atoms with van der Waals surface area (Å²) in [7, 11) is -3.49. The molecule has 3 heterocycles. The highest BCUT2D eigenvalue weighted by Gasteiger charge is 2.31. The van der Waals surface area contributed by atoms with Crippen LogP contribution in [0.25, 0.3) is 34.0 Å². The third kappa shape index (κ3) is 5.82. The number of alkyl halides is 1. The predicted molar refractivity (Wildman–Crippen MR) is 141 cm³/mol. The van der Waals surface area contributed by atoms with Crippen LogP contribution >= 0.6 is 0 Å². The van der Waals surface area contributed by atoms with Crippen molar-refractivity contribution in [1.29, 1.82) is 0 Å². The smallest absolute Gasteiger partial charge is 0.189 e. The van der Waals surface area contributed by atoms with Gasteiger partial charge in [-0.15, -0.1) is 0 Å². The summed E-state index contributed by atoms with van der Waals surface area (Å²) in [6, 6.07) is 12.5. The maximum absolute atomic E-state index is 14.8. The number of hydrogen-bond donors (Lipinski definition) is 2. The lowest BCUT2D eigenvalue weighted by atomic mass is 10.1. The van der Waals surface area contributed by atoms with E-state index in [9.17, 15) is 17.2 Å². The van der Waals surface area contributed by atoms with Crippen molar-refractivity contribution >= 4 is 15.7 Å². The van der Waals surface area contributed by atoms with E-state index in [4.69, 9.17) is 15.0 Å². The molecule has 1 saturated heterocycles. The van der Waals surface area contributed by atoms with Gasteiger partial charge >= 0.3 is 0 Å². The first-order valence-corrected chi connectivity index (χ1v) is 13.9. The first-order valence-electron chi connectivity index (χ1n) is 12.4. The van der Waals surface area contributed by atoms with Crippen LogP contribution in [0, 0.1) is 5.82 Å². The Hall–Kier alpha value is -3.74. The van der Waals surface area contributed by atoms with Crippen LogP contribution in [0.15, 0.2) is 64.1 Å². The SMILES string of the molecule is CC(F)CNCc1ccc(-c2cc(-c3nc(-c4ccc(S(=O)(=O)C5CCOC5)cc4)cnc3N)on2)c(F)c1. The third-order valence-corrected chi connectivity index (χ3v) is 8.59. The maximum Gasteiger partial charge on any atom is 0.189 e. The maximum atomic E-state index is 14.8. The van der Waals surface area contributed by atoms with Crippen LogP contribution in [0.4, 0.5) is 14.6 Å². The molecule has 5 rings (SSSR count). The molecule has 2 unspecified atom stereocenters. The molecule has 0 spiro atoms. The number of halogens is 2. The van der Waals surface area contributed by atoms with E-state index in [2.05, 4.69) is 20.4 Å². The summed E-state index contributed by atoms with van der Waals surface area (Å²) >= 11 is 0. The zero-order valence-corrected chi connectivity index (χ0v) is 21.9. The number of nitrogens with one attached hydrogen (secondary N) is 1. The van der Waals surface area contributed by atoms with E-state index in [1.165, 1.54) is 37.4 Å². The molecular formula is C27H27F2N5O4S. The van der Waals surface area contributed by atoms with Crippen LogP contribution in [0.1, 0.15) is 18.9 Å². The van der Waals surface area contributed by atoms with E-state index < -0.39 is 27.1 Å². The summed E-state index contributed by atoms with van der Waals surface area (Å²) in [5.41, 5.74) is 8.47. The number of ether oxygens (including phenoxy) is 1. The zero-order chi connectivity index (χ0) is 27.6. The summed E-state index contributed by atoms with van der Waals surface area (Å²) < 4.78 is 64.1. The topological polar surface area (TPSA) is 133 Å². The molecule has 2 aromatic carbocycles. The van der Waals surface area contributed by atoms with Gasteiger partial charge < -0.3 is 20.3 Å². The van der Waals surface area contributed by atoms with Crippen molar-refractivity contribution in [3.63, 3.8) is 0 Å². The summed E-state index contributed by atoms with van der Waals surface area (Å²) in [4.78, 5) is 8.97. The normalized spacial score (nSPS) is 16.4. The van der Waals surface area contributed by atoms with Crippen molar-refractivity contribution in [2.75, 3.05) is 25.5 Å². The van der Waals surface area contributed by atoms with Crippen LogP contribution in [0.3, 0.4) is 0 Å². The molecule has 39 heavy (non-hydrogen) atoms. The first kappa shape index (κ1) is 26.9. The molecule has 0 saturated carbocycles. The van der Waals surface area contributed by atoms with Crippen molar-refractivity contribution < 1.29 is 26.5 Å². The fraction of sp³-hybridized carbons (Fsp3) is 0.296. The van der Waals surface area contributed by atoms with Crippen molar-refractivity contribution in [1.82, 2.24) is 20.4 Å². The molecule has 12 heteroatoms. The van der Waals surface area contributed by atoms with E-state index in [0.29, 0.717) is 36.4 Å². The van der Waals surface area contributed by atoms with Crippen LogP contribution in [-0.2, 0) is 21.1 Å². The molecule has 0 amide bonds. The second-order valence-corrected chi connectivity index (χ2v) is 11.6. The summed E-state index contributed by atoms with van der Waals surface area (Å²) in [6.07, 6.45) is 0.950. The minimum atomic E-state index is -3.49. The Bertz CT molecular complexity index is 1570. The van der Waals surface area contributed by atoms with E-state index in [1.807, 2.05) is 0 Å². The van der Waals surface area contributed by atoms with E-state index >= 15 is 0 Å². The number of hydrogen-bond acceptors (Lipinski definition) is 9. The van der Waals surface area contributed by atoms with Crippen LogP contribution in [0.2, 0.25) is 0 Å². The third-order valence-electron chi connectivity index (χ3n) is 6.41. The van der Waals surface area contributed by atoms with E-state index in [0.717, 1.165) is 0 Å². The number of nitrogens with zero attached hydrogens (tertiary/aromatic N) is 3. The Morgan fingerprint density at radius 1 is 1.15 bits per heavy atom. The molecule has 0 radical (unpaired) electrons. The minimum Gasteiger partial charge on any atom is -0.382 e. The zero-order valence-electron chi connectivity index (χ0n) is 21.1. The van der Waals surface area contributed by atoms with Gasteiger partial charge in [-0.3, -0.25) is 0 Å². The highest BCUT2D eigenvalue weighted by molar-refractivity contribution is 7.92. The van der Waals surface area contributed by atoms with Crippen LogP contribution < -0.4 is 11.1 Å². The lowest BCUT2D eigenvalue weighted by Gasteiger charge is -2.10. The highest BCUT2D eigenvalue weighted by Crippen LogP contribution is 2.31. The van der Waals surface area contributed by atoms with Crippen molar-refractivity contribution in [2.24, 2.45) is 0 Å². The van der Waals surface area contributed by atoms with E-state index in [-0.39, 0.29) is 46.6 Å². The monoisotopic (exact) mass is 555 g/mol. The average Bonchev–Trinajstić information content (AvgIpc) is 3.63. The molecule has 1 aliphatic heterocycles. The molecule has 3 N–H and O–H groups in total. The van der Waals surface area contributed by atoms with Crippen LogP contribution in [-0.4, -0.2) is 54.7 Å². The molecule has 2 atom stereocenters. The number of nitrogens with two attached hydrogens (primary N) is 1. The van der Waals surface area contributed by atoms with Gasteiger partial charge in [-0.2, -0.15) is 0 Å². The fourth-order valence-corrected chi connectivity index (χ4v) is 5.87. The number of benzene rings is 2. The van der Waals surface area contributed by atoms with Gasteiger partial charge in [0.2, 0.25) is 0 Å². The molecule has 204 valence electrons. The van der Waals surface area contributed by atoms with E-state index in [1.54, 1.807) is 24.3 Å². The van der Waals surface area contributed by atoms with Gasteiger partial charge in [0.05, 0.1) is 28.6 Å². The molecule has 9 nitrogen and oxygen atoms in total. The molecule has 1 fully saturated rings. The molecule has 0 bridgehead atoms. The van der Waals surface area contributed by atoms with Gasteiger partial charge in [-0.25, -0.2) is 27.2 Å². The summed E-state index contributed by atoms with van der Waals surface area (Å²) in [5.74, 6) is -0.223. The van der Waals surface area contributed by atoms with Crippen molar-refractivity contribution in [2.45, 2.75) is 36.2 Å². The highest BCUT2D eigenvalue weighted by atomic mass is 32.2. The van der Waals surface area contributed by atoms with Gasteiger partial charge in [-0.05, 0) is 43.2 Å². The Morgan fingerprint density at radius 2 is 1.95 bits per heavy atom. The molecular weight excluding hydrogens is 528 g/mol. The van der Waals surface area contributed by atoms with Gasteiger partial charge in [0, 0.05) is 36.9 Å². The number of rotatable bonds is 9. The Balaban J connectivity index is 1.36. The Kier molecular flexibility index (Phi) is 7.69. The number of nitrogen functional groups attached to an aromatic ring is 1. The van der Waals surface area contributed by atoms with Crippen molar-refractivity contribution in [3.8, 4) is 34.0 Å². The summed E-state index contributed by atoms with van der Waals surface area (Å²) in [5, 5.41) is 6.35. The number of aromatic nitrogens is 3. The van der Waals surface area contributed by atoms with Gasteiger partial charge in [0.1, 0.15) is 17.7 Å².